The monoisotopic (exact) mass is 795 g/mol. The molecule has 0 amide bonds. The molecule has 6 heteroatoms. The molecule has 8 aliphatic rings. The predicted molar refractivity (Wildman–Crippen MR) is 228 cm³/mol. The molecule has 6 nitrogen and oxygen atoms in total. The fraction of sp³-hybridized carbons (Fsp3) is 0.961. The average molecular weight is 795 g/mol. The quantitative estimate of drug-likeness (QED) is 0.215. The molecule has 0 spiro atoms. The second-order valence-corrected chi connectivity index (χ2v) is 23.8. The molecule has 3 N–H and O–H groups in total. The van der Waals surface area contributed by atoms with Crippen molar-refractivity contribution in [2.45, 2.75) is 196 Å². The summed E-state index contributed by atoms with van der Waals surface area (Å²) in [6.07, 6.45) is 23.5. The van der Waals surface area contributed by atoms with Crippen LogP contribution in [-0.2, 0) is 14.3 Å². The van der Waals surface area contributed by atoms with E-state index in [2.05, 4.69) is 55.4 Å². The SMILES string of the molecule is CO[C@@H]1C[C@@H]2C[C@H](C)CC[C@]2(C)[C@H]2CC[C@]3(C)[C@@H]([C@H](C)CCC(=O)O)CC[C@H]3[C@H]12.C[C@@H]1CC[C@@]2(C)[C@@H](C1)C[C@@H](O)[C@@H]1[C@@H]2CC[C@]2(C)[C@@H]([C@H](C)CCC(=O)O)CC[C@@H]12. The van der Waals surface area contributed by atoms with E-state index in [0.717, 1.165) is 48.9 Å². The maximum atomic E-state index is 11.3. The average Bonchev–Trinajstić information content (AvgIpc) is 3.70. The van der Waals surface area contributed by atoms with E-state index in [1.165, 1.54) is 96.3 Å². The van der Waals surface area contributed by atoms with Crippen molar-refractivity contribution in [1.82, 2.24) is 0 Å². The lowest BCUT2D eigenvalue weighted by Gasteiger charge is -2.63. The molecule has 0 radical (unpaired) electrons. The Balaban J connectivity index is 0.000000174. The molecule has 0 aromatic rings. The van der Waals surface area contributed by atoms with Crippen LogP contribution in [0, 0.1) is 105 Å². The van der Waals surface area contributed by atoms with Gasteiger partial charge in [-0.05, 0) is 207 Å². The summed E-state index contributed by atoms with van der Waals surface area (Å²) in [5.74, 6) is 8.35. The number of aliphatic carboxylic acids is 2. The number of hydrogen-bond donors (Lipinski definition) is 3. The number of rotatable bonds is 9. The molecular formula is C51H86O6. The molecule has 0 aliphatic heterocycles. The third-order valence-corrected chi connectivity index (χ3v) is 21.3. The highest BCUT2D eigenvalue weighted by Gasteiger charge is 2.64. The zero-order valence-electron chi connectivity index (χ0n) is 37.9. The summed E-state index contributed by atoms with van der Waals surface area (Å²) in [5, 5.41) is 29.6. The number of aliphatic hydroxyl groups is 1. The number of carbonyl (C=O) groups is 2. The van der Waals surface area contributed by atoms with Gasteiger partial charge in [-0.2, -0.15) is 0 Å². The first-order valence-corrected chi connectivity index (χ1v) is 24.5. The molecule has 0 unspecified atom stereocenters. The molecule has 0 aromatic carbocycles. The van der Waals surface area contributed by atoms with Gasteiger partial charge in [-0.1, -0.05) is 68.2 Å². The Morgan fingerprint density at radius 1 is 0.579 bits per heavy atom. The number of ether oxygens (including phenoxy) is 1. The van der Waals surface area contributed by atoms with E-state index in [1.807, 2.05) is 7.11 Å². The van der Waals surface area contributed by atoms with E-state index >= 15 is 0 Å². The maximum absolute atomic E-state index is 11.3. The van der Waals surface area contributed by atoms with E-state index in [1.54, 1.807) is 0 Å². The van der Waals surface area contributed by atoms with Crippen molar-refractivity contribution in [2.24, 2.45) is 105 Å². The summed E-state index contributed by atoms with van der Waals surface area (Å²) in [7, 11) is 1.96. The minimum absolute atomic E-state index is 0.119. The summed E-state index contributed by atoms with van der Waals surface area (Å²) in [4.78, 5) is 22.2. The van der Waals surface area contributed by atoms with Crippen LogP contribution in [-0.4, -0.2) is 46.6 Å². The lowest BCUT2D eigenvalue weighted by molar-refractivity contribution is -0.176. The van der Waals surface area contributed by atoms with Crippen LogP contribution in [0.5, 0.6) is 0 Å². The van der Waals surface area contributed by atoms with Crippen LogP contribution in [0.25, 0.3) is 0 Å². The Hall–Kier alpha value is -1.14. The van der Waals surface area contributed by atoms with Gasteiger partial charge in [-0.15, -0.1) is 0 Å². The Kier molecular flexibility index (Phi) is 12.8. The van der Waals surface area contributed by atoms with E-state index in [4.69, 9.17) is 14.9 Å². The van der Waals surface area contributed by atoms with Gasteiger partial charge >= 0.3 is 11.9 Å². The lowest BCUT2D eigenvalue weighted by Crippen LogP contribution is -2.58. The Labute approximate surface area is 348 Å². The zero-order chi connectivity index (χ0) is 41.2. The molecule has 8 saturated carbocycles. The van der Waals surface area contributed by atoms with Gasteiger partial charge in [0.05, 0.1) is 12.2 Å². The van der Waals surface area contributed by atoms with Crippen molar-refractivity contribution < 1.29 is 29.6 Å². The van der Waals surface area contributed by atoms with Crippen LogP contribution in [0.4, 0.5) is 0 Å². The number of carboxylic acids is 2. The van der Waals surface area contributed by atoms with Crippen molar-refractivity contribution in [3.05, 3.63) is 0 Å². The second kappa shape index (κ2) is 16.6. The van der Waals surface area contributed by atoms with Crippen molar-refractivity contribution in [1.29, 1.82) is 0 Å². The molecule has 326 valence electrons. The number of carboxylic acid groups (broad SMARTS) is 2. The van der Waals surface area contributed by atoms with Crippen LogP contribution in [0.1, 0.15) is 184 Å². The predicted octanol–water partition coefficient (Wildman–Crippen LogP) is 12.2. The standard InChI is InChI=1S/C26H44O3.C25H42O3/c1-16-10-12-25(3)18(14-16)15-22(29-5)24-20-8-7-19(17(2)6-9-23(27)28)26(20,4)13-11-21(24)25;1-15-9-11-24(3)17(13-15)14-21(26)23-19-7-6-18(16(2)5-8-22(27)28)25(19,4)12-10-20(23)24/h16-22,24H,6-15H2,1-5H3,(H,27,28);15-21,23,26H,5-14H2,1-4H3,(H,27,28)/t16-,17-,18+,19-,20+,21+,22-,24+,25+,26-;15-,16-,17+,18-,19+,20+,21-,23+,24+,25-/m11/s1. The molecule has 8 rings (SSSR count). The number of methoxy groups -OCH3 is 1. The van der Waals surface area contributed by atoms with Gasteiger partial charge in [0, 0.05) is 20.0 Å². The molecule has 8 aliphatic carbocycles. The van der Waals surface area contributed by atoms with Gasteiger partial charge in [0.1, 0.15) is 0 Å². The van der Waals surface area contributed by atoms with Crippen LogP contribution in [0.2, 0.25) is 0 Å². The summed E-state index contributed by atoms with van der Waals surface area (Å²) in [5.41, 5.74) is 1.62. The fourth-order valence-corrected chi connectivity index (χ4v) is 18.2. The Morgan fingerprint density at radius 2 is 0.982 bits per heavy atom. The molecule has 0 saturated heterocycles. The molecule has 0 bridgehead atoms. The summed E-state index contributed by atoms with van der Waals surface area (Å²) in [6.45, 7) is 19.7. The van der Waals surface area contributed by atoms with Crippen molar-refractivity contribution >= 4 is 11.9 Å². The van der Waals surface area contributed by atoms with Gasteiger partial charge in [-0.3, -0.25) is 9.59 Å². The van der Waals surface area contributed by atoms with Gasteiger partial charge in [0.25, 0.3) is 0 Å². The summed E-state index contributed by atoms with van der Waals surface area (Å²) in [6, 6.07) is 0. The number of hydrogen-bond acceptors (Lipinski definition) is 4. The lowest BCUT2D eigenvalue weighted by atomic mass is 9.43. The van der Waals surface area contributed by atoms with Crippen molar-refractivity contribution in [3.8, 4) is 0 Å². The van der Waals surface area contributed by atoms with Crippen LogP contribution >= 0.6 is 0 Å². The van der Waals surface area contributed by atoms with Gasteiger partial charge in [0.15, 0.2) is 0 Å². The first-order valence-electron chi connectivity index (χ1n) is 24.5. The largest absolute Gasteiger partial charge is 0.481 e. The van der Waals surface area contributed by atoms with Crippen LogP contribution < -0.4 is 0 Å². The third-order valence-electron chi connectivity index (χ3n) is 21.3. The van der Waals surface area contributed by atoms with E-state index in [9.17, 15) is 14.7 Å². The fourth-order valence-electron chi connectivity index (χ4n) is 18.2. The summed E-state index contributed by atoms with van der Waals surface area (Å²) >= 11 is 0. The normalized spacial score (nSPS) is 51.0. The van der Waals surface area contributed by atoms with Gasteiger partial charge in [-0.25, -0.2) is 0 Å². The minimum atomic E-state index is -0.663. The molecule has 8 fully saturated rings. The highest BCUT2D eigenvalue weighted by Crippen LogP contribution is 2.70. The maximum Gasteiger partial charge on any atom is 0.303 e. The van der Waals surface area contributed by atoms with Gasteiger partial charge in [0.2, 0.25) is 0 Å². The van der Waals surface area contributed by atoms with E-state index in [-0.39, 0.29) is 6.10 Å². The van der Waals surface area contributed by atoms with E-state index in [0.29, 0.717) is 93.9 Å². The minimum Gasteiger partial charge on any atom is -0.481 e. The van der Waals surface area contributed by atoms with Crippen molar-refractivity contribution in [2.75, 3.05) is 7.11 Å². The Bertz CT molecular complexity index is 1430. The van der Waals surface area contributed by atoms with Crippen molar-refractivity contribution in [3.63, 3.8) is 0 Å². The topological polar surface area (TPSA) is 104 Å². The molecule has 57 heavy (non-hydrogen) atoms. The molecule has 0 heterocycles. The first kappa shape index (κ1) is 43.9. The third kappa shape index (κ3) is 7.73. The molecule has 0 aromatic heterocycles. The highest BCUT2D eigenvalue weighted by molar-refractivity contribution is 5.66. The smallest absolute Gasteiger partial charge is 0.303 e. The van der Waals surface area contributed by atoms with Crippen LogP contribution in [0.15, 0.2) is 0 Å². The molecule has 20 atom stereocenters. The van der Waals surface area contributed by atoms with Crippen LogP contribution in [0.3, 0.4) is 0 Å². The number of aliphatic hydroxyl groups excluding tert-OH is 1. The number of fused-ring (bicyclic) bond motifs is 10. The molecular weight excluding hydrogens is 709 g/mol. The van der Waals surface area contributed by atoms with Gasteiger partial charge < -0.3 is 20.1 Å². The first-order chi connectivity index (χ1) is 26.9. The summed E-state index contributed by atoms with van der Waals surface area (Å²) < 4.78 is 6.24. The van der Waals surface area contributed by atoms with E-state index < -0.39 is 11.9 Å². The Morgan fingerprint density at radius 3 is 1.44 bits per heavy atom. The zero-order valence-corrected chi connectivity index (χ0v) is 37.9. The second-order valence-electron chi connectivity index (χ2n) is 23.8. The highest BCUT2D eigenvalue weighted by atomic mass is 16.5.